The molecule has 2 N–H and O–H groups in total. The van der Waals surface area contributed by atoms with E-state index in [1.54, 1.807) is 18.2 Å². The molecule has 0 aliphatic rings. The van der Waals surface area contributed by atoms with E-state index in [0.29, 0.717) is 21.5 Å². The molecule has 0 aliphatic heterocycles. The van der Waals surface area contributed by atoms with E-state index in [-0.39, 0.29) is 34.1 Å². The fourth-order valence-electron chi connectivity index (χ4n) is 2.84. The third-order valence-electron chi connectivity index (χ3n) is 4.32. The molecular formula is C22H14BrN5O4. The molecule has 10 heteroatoms. The maximum atomic E-state index is 11.6. The van der Waals surface area contributed by atoms with Crippen LogP contribution in [0.25, 0.3) is 17.3 Å². The first kappa shape index (κ1) is 22.3. The number of methoxy groups -OCH3 is 1. The fraction of sp³-hybridized carbons (Fsp3) is 0.0455. The second kappa shape index (κ2) is 9.60. The molecule has 158 valence electrons. The summed E-state index contributed by atoms with van der Waals surface area (Å²) in [5.41, 5.74) is 7.09. The number of allylic oxidation sites excluding steroid dienone is 1. The highest BCUT2D eigenvalue weighted by Crippen LogP contribution is 2.38. The van der Waals surface area contributed by atoms with Gasteiger partial charge >= 0.3 is 0 Å². The Hall–Kier alpha value is -4.41. The summed E-state index contributed by atoms with van der Waals surface area (Å²) in [5, 5.41) is 29.5. The van der Waals surface area contributed by atoms with Crippen molar-refractivity contribution in [3.05, 3.63) is 74.3 Å². The Kier molecular flexibility index (Phi) is 6.68. The highest BCUT2D eigenvalue weighted by molar-refractivity contribution is 9.10. The van der Waals surface area contributed by atoms with Gasteiger partial charge < -0.3 is 15.2 Å². The zero-order valence-corrected chi connectivity index (χ0v) is 18.2. The second-order valence-electron chi connectivity index (χ2n) is 6.28. The molecule has 2 aromatic carbocycles. The second-order valence-corrected chi connectivity index (χ2v) is 7.13. The van der Waals surface area contributed by atoms with Crippen LogP contribution in [0.2, 0.25) is 0 Å². The molecule has 3 rings (SSSR count). The number of nitro groups is 1. The van der Waals surface area contributed by atoms with Gasteiger partial charge in [-0.25, -0.2) is 4.98 Å². The van der Waals surface area contributed by atoms with E-state index >= 15 is 0 Å². The summed E-state index contributed by atoms with van der Waals surface area (Å²) in [6.45, 7) is 0. The van der Waals surface area contributed by atoms with Gasteiger partial charge in [-0.05, 0) is 46.3 Å². The van der Waals surface area contributed by atoms with Crippen LogP contribution in [0.3, 0.4) is 0 Å². The van der Waals surface area contributed by atoms with Crippen molar-refractivity contribution < 1.29 is 14.4 Å². The zero-order chi connectivity index (χ0) is 23.3. The number of halogens is 1. The fourth-order valence-corrected chi connectivity index (χ4v) is 3.28. The van der Waals surface area contributed by atoms with Crippen LogP contribution in [0.4, 0.5) is 11.4 Å². The molecule has 1 aromatic heterocycles. The van der Waals surface area contributed by atoms with Crippen LogP contribution in [0.1, 0.15) is 11.1 Å². The minimum absolute atomic E-state index is 0.0289. The van der Waals surface area contributed by atoms with E-state index in [9.17, 15) is 15.4 Å². The van der Waals surface area contributed by atoms with Crippen molar-refractivity contribution >= 4 is 33.4 Å². The summed E-state index contributed by atoms with van der Waals surface area (Å²) in [6, 6.07) is 14.2. The van der Waals surface area contributed by atoms with Crippen molar-refractivity contribution in [3.8, 4) is 40.8 Å². The molecule has 0 saturated heterocycles. The van der Waals surface area contributed by atoms with Crippen LogP contribution in [0, 0.1) is 32.8 Å². The number of aromatic nitrogens is 1. The lowest BCUT2D eigenvalue weighted by molar-refractivity contribution is -0.384. The number of rotatable bonds is 6. The number of pyridine rings is 1. The summed E-state index contributed by atoms with van der Waals surface area (Å²) in [6.07, 6.45) is 2.90. The largest absolute Gasteiger partial charge is 0.496 e. The van der Waals surface area contributed by atoms with Crippen LogP contribution in [-0.2, 0) is 0 Å². The number of benzene rings is 2. The molecule has 9 nitrogen and oxygen atoms in total. The number of nitrogens with zero attached hydrogens (tertiary/aromatic N) is 4. The molecular weight excluding hydrogens is 478 g/mol. The molecule has 1 heterocycles. The molecule has 3 aromatic rings. The first-order valence-corrected chi connectivity index (χ1v) is 9.74. The van der Waals surface area contributed by atoms with Crippen molar-refractivity contribution in [2.45, 2.75) is 0 Å². The lowest BCUT2D eigenvalue weighted by atomic mass is 10.0. The van der Waals surface area contributed by atoms with E-state index in [0.717, 1.165) is 0 Å². The monoisotopic (exact) mass is 491 g/mol. The van der Waals surface area contributed by atoms with Crippen LogP contribution in [-0.4, -0.2) is 17.0 Å². The van der Waals surface area contributed by atoms with E-state index in [1.807, 2.05) is 12.1 Å². The van der Waals surface area contributed by atoms with E-state index in [2.05, 4.69) is 20.9 Å². The quantitative estimate of drug-likeness (QED) is 0.213. The Morgan fingerprint density at radius 2 is 1.97 bits per heavy atom. The van der Waals surface area contributed by atoms with Gasteiger partial charge in [0.1, 0.15) is 11.5 Å². The highest BCUT2D eigenvalue weighted by Gasteiger charge is 2.21. The van der Waals surface area contributed by atoms with E-state index in [4.69, 9.17) is 20.5 Å². The molecule has 0 unspecified atom stereocenters. The normalized spacial score (nSPS) is 10.4. The summed E-state index contributed by atoms with van der Waals surface area (Å²) in [5.74, 6) is 0.847. The van der Waals surface area contributed by atoms with Crippen molar-refractivity contribution in [2.24, 2.45) is 0 Å². The maximum Gasteiger partial charge on any atom is 0.295 e. The van der Waals surface area contributed by atoms with Gasteiger partial charge in [0, 0.05) is 41.1 Å². The minimum Gasteiger partial charge on any atom is -0.496 e. The smallest absolute Gasteiger partial charge is 0.295 e. The molecule has 0 atom stereocenters. The maximum absolute atomic E-state index is 11.6. The molecule has 32 heavy (non-hydrogen) atoms. The van der Waals surface area contributed by atoms with Gasteiger partial charge in [0.25, 0.3) is 5.69 Å². The Morgan fingerprint density at radius 1 is 1.19 bits per heavy atom. The first-order valence-electron chi connectivity index (χ1n) is 8.95. The van der Waals surface area contributed by atoms with Crippen molar-refractivity contribution in [1.82, 2.24) is 4.98 Å². The molecule has 0 aliphatic carbocycles. The standard InChI is InChI=1S/C22H14BrN5O4/c1-31-19-11-20(16(23)10-14(19)3-2-8-24)32-21-7-6-18(28(29)30)22(27-21)15-9-13(12-25)4-5-17(15)26/h2-7,9-11H,26H2,1H3/b3-2+. The molecule has 0 radical (unpaired) electrons. The summed E-state index contributed by atoms with van der Waals surface area (Å²) < 4.78 is 11.7. The van der Waals surface area contributed by atoms with Gasteiger partial charge in [-0.1, -0.05) is 0 Å². The minimum atomic E-state index is -0.583. The van der Waals surface area contributed by atoms with Gasteiger partial charge in [-0.15, -0.1) is 0 Å². The van der Waals surface area contributed by atoms with Crippen LogP contribution >= 0.6 is 15.9 Å². The topological polar surface area (TPSA) is 148 Å². The highest BCUT2D eigenvalue weighted by atomic mass is 79.9. The predicted molar refractivity (Wildman–Crippen MR) is 121 cm³/mol. The molecule has 0 spiro atoms. The summed E-state index contributed by atoms with van der Waals surface area (Å²) >= 11 is 3.40. The average Bonchev–Trinajstić information content (AvgIpc) is 2.79. The molecule has 0 bridgehead atoms. The van der Waals surface area contributed by atoms with Gasteiger partial charge in [-0.3, -0.25) is 10.1 Å². The number of nitrogens with two attached hydrogens (primary N) is 1. The van der Waals surface area contributed by atoms with Gasteiger partial charge in [0.15, 0.2) is 5.69 Å². The molecule has 0 fully saturated rings. The predicted octanol–water partition coefficient (Wildman–Crippen LogP) is 5.21. The van der Waals surface area contributed by atoms with E-state index < -0.39 is 4.92 Å². The number of nitrogen functional groups attached to an aromatic ring is 1. The SMILES string of the molecule is COc1cc(Oc2ccc([N+](=O)[O-])c(-c3cc(C#N)ccc3N)n2)c(Br)cc1/C=C/C#N. The third-order valence-corrected chi connectivity index (χ3v) is 4.94. The Bertz CT molecular complexity index is 1330. The van der Waals surface area contributed by atoms with Crippen LogP contribution in [0.5, 0.6) is 17.4 Å². The van der Waals surface area contributed by atoms with Crippen LogP contribution in [0.15, 0.2) is 53.0 Å². The van der Waals surface area contributed by atoms with E-state index in [1.165, 1.54) is 43.5 Å². The van der Waals surface area contributed by atoms with Crippen molar-refractivity contribution in [2.75, 3.05) is 12.8 Å². The summed E-state index contributed by atoms with van der Waals surface area (Å²) in [4.78, 5) is 15.3. The number of hydrogen-bond acceptors (Lipinski definition) is 8. The number of anilines is 1. The number of nitriles is 2. The lowest BCUT2D eigenvalue weighted by Crippen LogP contribution is -2.00. The van der Waals surface area contributed by atoms with Crippen molar-refractivity contribution in [3.63, 3.8) is 0 Å². The van der Waals surface area contributed by atoms with Gasteiger partial charge in [0.05, 0.1) is 34.2 Å². The molecule has 0 amide bonds. The number of ether oxygens (including phenoxy) is 2. The Balaban J connectivity index is 2.09. The first-order chi connectivity index (χ1) is 15.4. The van der Waals surface area contributed by atoms with Crippen molar-refractivity contribution in [1.29, 1.82) is 10.5 Å². The lowest BCUT2D eigenvalue weighted by Gasteiger charge is -2.13. The Morgan fingerprint density at radius 3 is 2.62 bits per heavy atom. The molecule has 0 saturated carbocycles. The van der Waals surface area contributed by atoms with Crippen LogP contribution < -0.4 is 15.2 Å². The third kappa shape index (κ3) is 4.67. The Labute approximate surface area is 191 Å². The average molecular weight is 492 g/mol. The summed E-state index contributed by atoms with van der Waals surface area (Å²) in [7, 11) is 1.48. The van der Waals surface area contributed by atoms with Gasteiger partial charge in [-0.2, -0.15) is 10.5 Å². The number of hydrogen-bond donors (Lipinski definition) is 1. The van der Waals surface area contributed by atoms with Gasteiger partial charge in [0.2, 0.25) is 5.88 Å². The zero-order valence-electron chi connectivity index (χ0n) is 16.6.